The molecule has 39 heavy (non-hydrogen) atoms. The lowest BCUT2D eigenvalue weighted by atomic mass is 9.93. The Morgan fingerprint density at radius 2 is 1.56 bits per heavy atom. The summed E-state index contributed by atoms with van der Waals surface area (Å²) in [6, 6.07) is 29.7. The molecule has 0 radical (unpaired) electrons. The second-order valence-electron chi connectivity index (χ2n) is 10.7. The van der Waals surface area contributed by atoms with Crippen LogP contribution >= 0.6 is 0 Å². The Labute approximate surface area is 230 Å². The molecule has 0 fully saturated rings. The number of carbonyl (C=O) groups is 1. The molecule has 204 valence electrons. The van der Waals surface area contributed by atoms with E-state index >= 15 is 0 Å². The molecule has 2 atom stereocenters. The summed E-state index contributed by atoms with van der Waals surface area (Å²) in [6.45, 7) is 7.48. The van der Waals surface area contributed by atoms with Crippen molar-refractivity contribution >= 4 is 22.4 Å². The Morgan fingerprint density at radius 1 is 0.897 bits per heavy atom. The first-order chi connectivity index (χ1) is 18.7. The van der Waals surface area contributed by atoms with Gasteiger partial charge in [0.05, 0.1) is 24.4 Å². The molecule has 0 aliphatic heterocycles. The number of fused-ring (bicyclic) bond motifs is 1. The minimum absolute atomic E-state index is 0.186. The van der Waals surface area contributed by atoms with Gasteiger partial charge in [0.25, 0.3) is 0 Å². The van der Waals surface area contributed by atoms with Crippen molar-refractivity contribution in [2.75, 3.05) is 18.5 Å². The van der Waals surface area contributed by atoms with Crippen molar-refractivity contribution in [2.45, 2.75) is 51.5 Å². The van der Waals surface area contributed by atoms with Crippen molar-refractivity contribution in [2.24, 2.45) is 0 Å². The highest BCUT2D eigenvalue weighted by molar-refractivity contribution is 5.87. The van der Waals surface area contributed by atoms with E-state index in [0.717, 1.165) is 23.2 Å². The van der Waals surface area contributed by atoms with Gasteiger partial charge in [0, 0.05) is 29.9 Å². The van der Waals surface area contributed by atoms with Gasteiger partial charge in [0.15, 0.2) is 0 Å². The highest BCUT2D eigenvalue weighted by atomic mass is 16.5. The highest BCUT2D eigenvalue weighted by Crippen LogP contribution is 2.26. The molecule has 0 bridgehead atoms. The summed E-state index contributed by atoms with van der Waals surface area (Å²) in [6.07, 6.45) is -0.0144. The van der Waals surface area contributed by atoms with Crippen LogP contribution in [0.25, 0.3) is 10.8 Å². The molecule has 0 heterocycles. The molecular weight excluding hydrogens is 488 g/mol. The Kier molecular flexibility index (Phi) is 9.36. The van der Waals surface area contributed by atoms with Gasteiger partial charge >= 0.3 is 5.97 Å². The number of β-amino-alcohol motifs (C(OH)–C–C–N with tert-alkyl or cyclic N) is 1. The molecule has 0 amide bonds. The van der Waals surface area contributed by atoms with Gasteiger partial charge in [-0.1, -0.05) is 72.8 Å². The molecular formula is C33H38N2O4. The lowest BCUT2D eigenvalue weighted by Gasteiger charge is -2.28. The molecule has 0 aliphatic carbocycles. The van der Waals surface area contributed by atoms with Gasteiger partial charge in [-0.2, -0.15) is 0 Å². The molecule has 6 nitrogen and oxygen atoms in total. The first kappa shape index (κ1) is 28.3. The van der Waals surface area contributed by atoms with E-state index in [0.29, 0.717) is 13.1 Å². The molecule has 4 rings (SSSR count). The summed E-state index contributed by atoms with van der Waals surface area (Å²) >= 11 is 0. The molecule has 6 heteroatoms. The summed E-state index contributed by atoms with van der Waals surface area (Å²) in [5.74, 6) is -0.934. The zero-order valence-electron chi connectivity index (χ0n) is 22.9. The van der Waals surface area contributed by atoms with Gasteiger partial charge in [-0.25, -0.2) is 4.79 Å². The molecule has 4 aromatic carbocycles. The summed E-state index contributed by atoms with van der Waals surface area (Å²) in [4.78, 5) is 11.1. The Balaban J connectivity index is 1.26. The minimum atomic E-state index is -0.934. The average Bonchev–Trinajstić information content (AvgIpc) is 2.94. The maximum absolute atomic E-state index is 11.1. The van der Waals surface area contributed by atoms with Crippen molar-refractivity contribution < 1.29 is 19.7 Å². The summed E-state index contributed by atoms with van der Waals surface area (Å²) in [5.41, 5.74) is 4.26. The second kappa shape index (κ2) is 12.9. The van der Waals surface area contributed by atoms with Gasteiger partial charge in [0.2, 0.25) is 0 Å². The van der Waals surface area contributed by atoms with Crippen molar-refractivity contribution in [3.63, 3.8) is 0 Å². The number of carboxylic acid groups (broad SMARTS) is 1. The maximum atomic E-state index is 11.1. The number of hydrogen-bond donors (Lipinski definition) is 4. The van der Waals surface area contributed by atoms with Crippen LogP contribution in [0, 0.1) is 0 Å². The van der Waals surface area contributed by atoms with Gasteiger partial charge in [-0.3, -0.25) is 0 Å². The molecule has 0 aliphatic rings. The van der Waals surface area contributed by atoms with Gasteiger partial charge in [-0.05, 0) is 67.3 Å². The predicted octanol–water partition coefficient (Wildman–Crippen LogP) is 6.20. The quantitative estimate of drug-likeness (QED) is 0.166. The molecule has 0 spiro atoms. The van der Waals surface area contributed by atoms with E-state index in [1.54, 1.807) is 12.1 Å². The number of carboxylic acids is 1. The topological polar surface area (TPSA) is 90.8 Å². The molecule has 0 saturated carbocycles. The Bertz CT molecular complexity index is 1380. The molecule has 0 aromatic heterocycles. The normalized spacial score (nSPS) is 13.2. The Hall–Kier alpha value is -3.71. The average molecular weight is 527 g/mol. The third-order valence-corrected chi connectivity index (χ3v) is 6.90. The number of nitrogens with one attached hydrogen (secondary N) is 2. The van der Waals surface area contributed by atoms with Crippen LogP contribution in [0.3, 0.4) is 0 Å². The van der Waals surface area contributed by atoms with Crippen LogP contribution in [0.2, 0.25) is 0 Å². The zero-order valence-corrected chi connectivity index (χ0v) is 22.9. The third-order valence-electron chi connectivity index (χ3n) is 6.90. The van der Waals surface area contributed by atoms with E-state index in [-0.39, 0.29) is 23.8 Å². The standard InChI is InChI=1S/C33H38N2O4/c1-23(30-10-6-7-11-31(30)34-20-24-12-16-27(17-13-24)32(37)38)39-22-29(36)21-35-33(2,3)19-25-14-15-26-8-4-5-9-28(26)18-25/h4-18,23,29,34-36H,19-22H2,1-3H3,(H,37,38)/t23?,29-/m0/s1. The number of aliphatic hydroxyl groups is 1. The van der Waals surface area contributed by atoms with Crippen LogP contribution in [-0.2, 0) is 17.7 Å². The first-order valence-electron chi connectivity index (χ1n) is 13.4. The first-order valence-corrected chi connectivity index (χ1v) is 13.4. The van der Waals surface area contributed by atoms with Crippen LogP contribution in [0.15, 0.2) is 91.0 Å². The number of ether oxygens (including phenoxy) is 1. The summed E-state index contributed by atoms with van der Waals surface area (Å²) < 4.78 is 6.06. The van der Waals surface area contributed by atoms with Crippen LogP contribution in [0.4, 0.5) is 5.69 Å². The van der Waals surface area contributed by atoms with Crippen molar-refractivity contribution in [1.29, 1.82) is 0 Å². The van der Waals surface area contributed by atoms with E-state index in [1.165, 1.54) is 16.3 Å². The smallest absolute Gasteiger partial charge is 0.335 e. The second-order valence-corrected chi connectivity index (χ2v) is 10.7. The van der Waals surface area contributed by atoms with Crippen LogP contribution in [0.1, 0.15) is 53.9 Å². The lowest BCUT2D eigenvalue weighted by Crippen LogP contribution is -2.46. The number of aromatic carboxylic acids is 1. The molecule has 0 saturated heterocycles. The summed E-state index contributed by atoms with van der Waals surface area (Å²) in [7, 11) is 0. The Morgan fingerprint density at radius 3 is 2.31 bits per heavy atom. The molecule has 1 unspecified atom stereocenters. The minimum Gasteiger partial charge on any atom is -0.478 e. The van der Waals surface area contributed by atoms with E-state index in [9.17, 15) is 9.90 Å². The molecule has 4 N–H and O–H groups in total. The number of para-hydroxylation sites is 1. The van der Waals surface area contributed by atoms with Crippen LogP contribution < -0.4 is 10.6 Å². The van der Waals surface area contributed by atoms with Gasteiger partial charge in [0.1, 0.15) is 0 Å². The van der Waals surface area contributed by atoms with E-state index in [2.05, 4.69) is 66.9 Å². The van der Waals surface area contributed by atoms with Crippen molar-refractivity contribution in [3.8, 4) is 0 Å². The summed E-state index contributed by atoms with van der Waals surface area (Å²) in [5, 5.41) is 29.1. The fourth-order valence-corrected chi connectivity index (χ4v) is 4.69. The zero-order chi connectivity index (χ0) is 27.8. The van der Waals surface area contributed by atoms with Crippen molar-refractivity contribution in [1.82, 2.24) is 5.32 Å². The number of rotatable bonds is 13. The fourth-order valence-electron chi connectivity index (χ4n) is 4.69. The number of anilines is 1. The number of benzene rings is 4. The predicted molar refractivity (Wildman–Crippen MR) is 157 cm³/mol. The highest BCUT2D eigenvalue weighted by Gasteiger charge is 2.20. The van der Waals surface area contributed by atoms with E-state index < -0.39 is 12.1 Å². The van der Waals surface area contributed by atoms with E-state index in [4.69, 9.17) is 9.84 Å². The monoisotopic (exact) mass is 526 g/mol. The number of hydrogen-bond acceptors (Lipinski definition) is 5. The van der Waals surface area contributed by atoms with Crippen LogP contribution in [0.5, 0.6) is 0 Å². The van der Waals surface area contributed by atoms with Gasteiger partial charge in [-0.15, -0.1) is 0 Å². The SMILES string of the molecule is CC(OC[C@@H](O)CNC(C)(C)Cc1ccc2ccccc2c1)c1ccccc1NCc1ccc(C(=O)O)cc1. The van der Waals surface area contributed by atoms with Gasteiger partial charge < -0.3 is 25.6 Å². The van der Waals surface area contributed by atoms with Crippen LogP contribution in [-0.4, -0.2) is 41.0 Å². The van der Waals surface area contributed by atoms with Crippen molar-refractivity contribution in [3.05, 3.63) is 113 Å². The maximum Gasteiger partial charge on any atom is 0.335 e. The third kappa shape index (κ3) is 8.14. The number of aliphatic hydroxyl groups excluding tert-OH is 1. The largest absolute Gasteiger partial charge is 0.478 e. The fraction of sp³-hybridized carbons (Fsp3) is 0.303. The lowest BCUT2D eigenvalue weighted by molar-refractivity contribution is -0.00393. The van der Waals surface area contributed by atoms with E-state index in [1.807, 2.05) is 43.3 Å². The molecule has 4 aromatic rings.